The summed E-state index contributed by atoms with van der Waals surface area (Å²) in [6.45, 7) is 2.30. The minimum Gasteiger partial charge on any atom is -0.378 e. The van der Waals surface area contributed by atoms with E-state index >= 15 is 0 Å². The molecule has 0 saturated heterocycles. The predicted molar refractivity (Wildman–Crippen MR) is 88.0 cm³/mol. The maximum Gasteiger partial charge on any atom is 0.0530 e. The summed E-state index contributed by atoms with van der Waals surface area (Å²) in [6.07, 6.45) is 14.4. The van der Waals surface area contributed by atoms with E-state index in [-0.39, 0.29) is 0 Å². The number of rotatable bonds is 1. The molecule has 2 nitrogen and oxygen atoms in total. The van der Waals surface area contributed by atoms with Crippen LogP contribution in [0.5, 0.6) is 0 Å². The van der Waals surface area contributed by atoms with Gasteiger partial charge in [0.15, 0.2) is 0 Å². The van der Waals surface area contributed by atoms with E-state index in [1.54, 1.807) is 0 Å². The van der Waals surface area contributed by atoms with Crippen LogP contribution in [-0.2, 0) is 0 Å². The highest BCUT2D eigenvalue weighted by atomic mass is 15.0. The Bertz CT molecular complexity index is 679. The van der Waals surface area contributed by atoms with E-state index in [1.165, 1.54) is 22.6 Å². The second-order valence-corrected chi connectivity index (χ2v) is 6.10. The molecular weight excluding hydrogens is 256 g/mol. The molecule has 2 heteroatoms. The minimum atomic E-state index is 0.374. The van der Waals surface area contributed by atoms with E-state index in [1.807, 2.05) is 0 Å². The van der Waals surface area contributed by atoms with Gasteiger partial charge in [0.1, 0.15) is 0 Å². The minimum absolute atomic E-state index is 0.374. The average Bonchev–Trinajstić information content (AvgIpc) is 2.69. The van der Waals surface area contributed by atoms with Crippen LogP contribution in [0.1, 0.15) is 24.8 Å². The highest BCUT2D eigenvalue weighted by Crippen LogP contribution is 2.36. The molecule has 2 bridgehead atoms. The lowest BCUT2D eigenvalue weighted by molar-refractivity contribution is 0.673. The fourth-order valence-electron chi connectivity index (χ4n) is 3.44. The Kier molecular flexibility index (Phi) is 2.95. The van der Waals surface area contributed by atoms with Crippen LogP contribution in [0.25, 0.3) is 0 Å². The normalized spacial score (nSPS) is 31.2. The lowest BCUT2D eigenvalue weighted by atomic mass is 9.93. The van der Waals surface area contributed by atoms with Gasteiger partial charge in [-0.05, 0) is 30.2 Å². The summed E-state index contributed by atoms with van der Waals surface area (Å²) in [4.78, 5) is 0. The zero-order chi connectivity index (χ0) is 14.2. The van der Waals surface area contributed by atoms with Crippen LogP contribution in [0, 0.1) is 5.92 Å². The predicted octanol–water partition coefficient (Wildman–Crippen LogP) is 4.09. The van der Waals surface area contributed by atoms with Gasteiger partial charge in [-0.25, -0.2) is 0 Å². The Hall–Kier alpha value is -2.22. The lowest BCUT2D eigenvalue weighted by Crippen LogP contribution is -2.24. The van der Waals surface area contributed by atoms with Gasteiger partial charge in [0, 0.05) is 28.9 Å². The second kappa shape index (κ2) is 4.96. The van der Waals surface area contributed by atoms with Gasteiger partial charge in [0.25, 0.3) is 0 Å². The summed E-state index contributed by atoms with van der Waals surface area (Å²) in [6, 6.07) is 9.00. The third kappa shape index (κ3) is 2.31. The molecule has 106 valence electrons. The Morgan fingerprint density at radius 2 is 2.10 bits per heavy atom. The van der Waals surface area contributed by atoms with Gasteiger partial charge in [-0.1, -0.05) is 49.4 Å². The van der Waals surface area contributed by atoms with E-state index in [0.717, 1.165) is 6.42 Å². The number of allylic oxidation sites excluding steroid dienone is 6. The van der Waals surface area contributed by atoms with Gasteiger partial charge in [-0.15, -0.1) is 0 Å². The SMILES string of the molecule is CC1c2ccccc2NC1/C=C1\CC2C=CC=CC(=C2)N1. The van der Waals surface area contributed by atoms with Gasteiger partial charge in [-0.3, -0.25) is 0 Å². The van der Waals surface area contributed by atoms with Gasteiger partial charge in [0.2, 0.25) is 0 Å². The summed E-state index contributed by atoms with van der Waals surface area (Å²) < 4.78 is 0. The molecule has 0 saturated carbocycles. The van der Waals surface area contributed by atoms with Crippen molar-refractivity contribution in [1.29, 1.82) is 0 Å². The van der Waals surface area contributed by atoms with Crippen LogP contribution in [-0.4, -0.2) is 6.04 Å². The van der Waals surface area contributed by atoms with E-state index < -0.39 is 0 Å². The zero-order valence-corrected chi connectivity index (χ0v) is 12.2. The van der Waals surface area contributed by atoms with Crippen LogP contribution in [0.15, 0.2) is 72.1 Å². The molecule has 3 aliphatic rings. The summed E-state index contributed by atoms with van der Waals surface area (Å²) in [5.41, 5.74) is 5.24. The largest absolute Gasteiger partial charge is 0.378 e. The van der Waals surface area contributed by atoms with Crippen molar-refractivity contribution in [2.75, 3.05) is 5.32 Å². The Labute approximate surface area is 125 Å². The molecule has 2 heterocycles. The lowest BCUT2D eigenvalue weighted by Gasteiger charge is -2.23. The van der Waals surface area contributed by atoms with E-state index in [4.69, 9.17) is 0 Å². The molecule has 21 heavy (non-hydrogen) atoms. The molecule has 4 rings (SSSR count). The van der Waals surface area contributed by atoms with Crippen molar-refractivity contribution in [2.24, 2.45) is 5.92 Å². The highest BCUT2D eigenvalue weighted by molar-refractivity contribution is 5.60. The summed E-state index contributed by atoms with van der Waals surface area (Å²) in [5.74, 6) is 1.03. The number of para-hydroxylation sites is 1. The van der Waals surface area contributed by atoms with E-state index in [0.29, 0.717) is 17.9 Å². The molecule has 0 spiro atoms. The van der Waals surface area contributed by atoms with Gasteiger partial charge in [-0.2, -0.15) is 0 Å². The quantitative estimate of drug-likeness (QED) is 0.807. The molecule has 3 unspecified atom stereocenters. The summed E-state index contributed by atoms with van der Waals surface area (Å²) in [7, 11) is 0. The third-order valence-electron chi connectivity index (χ3n) is 4.59. The van der Waals surface area contributed by atoms with Crippen molar-refractivity contribution in [1.82, 2.24) is 5.32 Å². The van der Waals surface area contributed by atoms with Crippen molar-refractivity contribution in [3.8, 4) is 0 Å². The smallest absolute Gasteiger partial charge is 0.0530 e. The fraction of sp³-hybridized carbons (Fsp3) is 0.263. The van der Waals surface area contributed by atoms with Gasteiger partial charge < -0.3 is 10.6 Å². The maximum atomic E-state index is 3.64. The fourth-order valence-corrected chi connectivity index (χ4v) is 3.44. The first-order chi connectivity index (χ1) is 10.3. The number of benzene rings is 1. The van der Waals surface area contributed by atoms with Crippen LogP contribution >= 0.6 is 0 Å². The first-order valence-electron chi connectivity index (χ1n) is 7.69. The number of anilines is 1. The first-order valence-corrected chi connectivity index (χ1v) is 7.69. The molecular formula is C19H20N2. The monoisotopic (exact) mass is 276 g/mol. The average molecular weight is 276 g/mol. The van der Waals surface area contributed by atoms with Crippen LogP contribution in [0.4, 0.5) is 5.69 Å². The van der Waals surface area contributed by atoms with Crippen LogP contribution < -0.4 is 10.6 Å². The van der Waals surface area contributed by atoms with E-state index in [9.17, 15) is 0 Å². The van der Waals surface area contributed by atoms with Crippen molar-refractivity contribution >= 4 is 5.69 Å². The Morgan fingerprint density at radius 1 is 1.19 bits per heavy atom. The molecule has 0 amide bonds. The number of hydrogen-bond acceptors (Lipinski definition) is 2. The molecule has 0 radical (unpaired) electrons. The maximum absolute atomic E-state index is 3.64. The molecule has 0 aromatic heterocycles. The molecule has 1 aromatic rings. The van der Waals surface area contributed by atoms with Crippen LogP contribution in [0.3, 0.4) is 0 Å². The number of nitrogens with one attached hydrogen (secondary N) is 2. The van der Waals surface area contributed by atoms with Crippen molar-refractivity contribution in [3.63, 3.8) is 0 Å². The number of fused-ring (bicyclic) bond motifs is 2. The van der Waals surface area contributed by atoms with Crippen molar-refractivity contribution in [3.05, 3.63) is 77.7 Å². The third-order valence-corrected chi connectivity index (χ3v) is 4.59. The van der Waals surface area contributed by atoms with E-state index in [2.05, 4.69) is 78.3 Å². The molecule has 1 aliphatic carbocycles. The topological polar surface area (TPSA) is 24.1 Å². The van der Waals surface area contributed by atoms with Crippen LogP contribution in [0.2, 0.25) is 0 Å². The molecule has 1 aromatic carbocycles. The second-order valence-electron chi connectivity index (χ2n) is 6.10. The first kappa shape index (κ1) is 12.5. The summed E-state index contributed by atoms with van der Waals surface area (Å²) in [5, 5.41) is 7.20. The standard InChI is InChI=1S/C19H20N2/c1-13-17-8-4-5-9-18(17)21-19(13)12-16-11-14-6-2-3-7-15(10-14)20-16/h2-10,12-14,19-21H,11H2,1H3/b16-12+. The van der Waals surface area contributed by atoms with Crippen molar-refractivity contribution < 1.29 is 0 Å². The Morgan fingerprint density at radius 3 is 3.00 bits per heavy atom. The number of hydrogen-bond donors (Lipinski definition) is 2. The summed E-state index contributed by atoms with van der Waals surface area (Å²) >= 11 is 0. The van der Waals surface area contributed by atoms with Gasteiger partial charge in [0.05, 0.1) is 6.04 Å². The molecule has 0 fully saturated rings. The zero-order valence-electron chi connectivity index (χ0n) is 12.2. The Balaban J connectivity index is 1.58. The highest BCUT2D eigenvalue weighted by Gasteiger charge is 2.27. The van der Waals surface area contributed by atoms with Crippen molar-refractivity contribution in [2.45, 2.75) is 25.3 Å². The molecule has 2 N–H and O–H groups in total. The molecule has 2 aliphatic heterocycles. The van der Waals surface area contributed by atoms with Gasteiger partial charge >= 0.3 is 0 Å². The molecule has 3 atom stereocenters.